The fourth-order valence-electron chi connectivity index (χ4n) is 1.40. The molecule has 0 bridgehead atoms. The molecule has 0 radical (unpaired) electrons. The number of carboxylic acid groups (broad SMARTS) is 1. The molecule has 0 aromatic heterocycles. The first-order valence-corrected chi connectivity index (χ1v) is 5.82. The van der Waals surface area contributed by atoms with Crippen molar-refractivity contribution in [1.29, 1.82) is 0 Å². The van der Waals surface area contributed by atoms with Gasteiger partial charge >= 0.3 is 35.9 Å². The Balaban J connectivity index is 3.26. The third-order valence-electron chi connectivity index (χ3n) is 2.72. The van der Waals surface area contributed by atoms with Crippen molar-refractivity contribution in [2.24, 2.45) is 0 Å². The summed E-state index contributed by atoms with van der Waals surface area (Å²) < 4.78 is 117. The minimum atomic E-state index is -7.27. The van der Waals surface area contributed by atoms with Crippen LogP contribution in [0, 0.1) is 0 Å². The lowest BCUT2D eigenvalue weighted by Gasteiger charge is -2.32. The Morgan fingerprint density at radius 3 is 1.76 bits per heavy atom. The Hall–Kier alpha value is -2.47. The minimum Gasteiger partial charge on any atom is -0.478 e. The molecule has 0 aliphatic heterocycles. The van der Waals surface area contributed by atoms with Gasteiger partial charge in [0.05, 0.1) is 0 Å². The Kier molecular flexibility index (Phi) is 5.03. The second kappa shape index (κ2) is 6.11. The van der Waals surface area contributed by atoms with Crippen LogP contribution in [0.3, 0.4) is 0 Å². The van der Waals surface area contributed by atoms with Crippen molar-refractivity contribution in [1.82, 2.24) is 0 Å². The summed E-state index contributed by atoms with van der Waals surface area (Å²) >= 11 is 0. The number of aromatic carboxylic acids is 1. The molecule has 4 nitrogen and oxygen atoms in total. The van der Waals surface area contributed by atoms with Crippen LogP contribution in [0.25, 0.3) is 0 Å². The molecule has 13 heteroatoms. The summed E-state index contributed by atoms with van der Waals surface area (Å²) in [6, 6.07) is 3.10. The van der Waals surface area contributed by atoms with E-state index in [1.54, 1.807) is 0 Å². The van der Waals surface area contributed by atoms with Crippen LogP contribution in [0.15, 0.2) is 24.3 Å². The predicted octanol–water partition coefficient (Wildman–Crippen LogP) is 3.76. The van der Waals surface area contributed by atoms with Gasteiger partial charge in [0.2, 0.25) is 0 Å². The molecule has 1 aromatic rings. The molecule has 140 valence electrons. The van der Waals surface area contributed by atoms with E-state index in [1.165, 1.54) is 0 Å². The van der Waals surface area contributed by atoms with Gasteiger partial charge in [0.15, 0.2) is 0 Å². The minimum absolute atomic E-state index is 0.525. The highest BCUT2D eigenvalue weighted by Crippen LogP contribution is 2.53. The van der Waals surface area contributed by atoms with E-state index in [0.717, 1.165) is 12.1 Å². The first-order valence-electron chi connectivity index (χ1n) is 5.82. The first-order chi connectivity index (χ1) is 11.1. The van der Waals surface area contributed by atoms with Crippen molar-refractivity contribution >= 4 is 11.9 Å². The molecule has 0 aliphatic carbocycles. The lowest BCUT2D eigenvalue weighted by molar-refractivity contribution is -0.390. The van der Waals surface area contributed by atoms with Crippen molar-refractivity contribution in [3.05, 3.63) is 29.8 Å². The number of hydrogen-bond acceptors (Lipinski definition) is 3. The quantitative estimate of drug-likeness (QED) is 0.477. The third-order valence-corrected chi connectivity index (χ3v) is 2.72. The molecule has 0 saturated carbocycles. The SMILES string of the molecule is O=C(O)c1ccccc1OC(=O)C(F)(F)C(F)(F)C(F)(F)C(F)(F)F. The van der Waals surface area contributed by atoms with Gasteiger partial charge in [-0.05, 0) is 12.1 Å². The number of halogens is 9. The second-order valence-corrected chi connectivity index (χ2v) is 4.41. The normalized spacial score (nSPS) is 13.5. The van der Waals surface area contributed by atoms with E-state index in [9.17, 15) is 49.1 Å². The number of alkyl halides is 9. The van der Waals surface area contributed by atoms with Crippen molar-refractivity contribution in [3.63, 3.8) is 0 Å². The second-order valence-electron chi connectivity index (χ2n) is 4.41. The number of ether oxygens (including phenoxy) is 1. The number of rotatable bonds is 5. The van der Waals surface area contributed by atoms with Crippen molar-refractivity contribution in [2.45, 2.75) is 23.9 Å². The van der Waals surface area contributed by atoms with Crippen molar-refractivity contribution < 1.29 is 58.9 Å². The van der Waals surface area contributed by atoms with Gasteiger partial charge in [-0.1, -0.05) is 12.1 Å². The van der Waals surface area contributed by atoms with Crippen LogP contribution in [-0.2, 0) is 4.79 Å². The largest absolute Gasteiger partial charge is 0.478 e. The van der Waals surface area contributed by atoms with Crippen LogP contribution in [0.2, 0.25) is 0 Å². The monoisotopic (exact) mass is 384 g/mol. The maximum atomic E-state index is 13.3. The summed E-state index contributed by atoms with van der Waals surface area (Å²) in [4.78, 5) is 21.8. The highest BCUT2D eigenvalue weighted by molar-refractivity contribution is 5.92. The summed E-state index contributed by atoms with van der Waals surface area (Å²) in [5.41, 5.74) is -1.00. The summed E-state index contributed by atoms with van der Waals surface area (Å²) in [6.07, 6.45) is -7.10. The van der Waals surface area contributed by atoms with E-state index < -0.39 is 47.2 Å². The molecular formula is C12H5F9O4. The molecule has 0 spiro atoms. The predicted molar refractivity (Wildman–Crippen MR) is 59.9 cm³/mol. The van der Waals surface area contributed by atoms with Gasteiger partial charge in [-0.25, -0.2) is 9.59 Å². The van der Waals surface area contributed by atoms with Crippen LogP contribution >= 0.6 is 0 Å². The molecule has 1 rings (SSSR count). The number of carbonyl (C=O) groups is 2. The molecule has 0 unspecified atom stereocenters. The number of carbonyl (C=O) groups excluding carboxylic acids is 1. The Morgan fingerprint density at radius 2 is 1.32 bits per heavy atom. The summed E-state index contributed by atoms with van der Waals surface area (Å²) in [5, 5.41) is 8.68. The zero-order valence-electron chi connectivity index (χ0n) is 11.4. The molecule has 1 aromatic carbocycles. The lowest BCUT2D eigenvalue weighted by Crippen LogP contribution is -2.64. The van der Waals surface area contributed by atoms with Gasteiger partial charge in [-0.3, -0.25) is 0 Å². The molecule has 0 aliphatic rings. The van der Waals surface area contributed by atoms with E-state index >= 15 is 0 Å². The van der Waals surface area contributed by atoms with Crippen LogP contribution < -0.4 is 4.74 Å². The fourth-order valence-corrected chi connectivity index (χ4v) is 1.40. The number of hydrogen-bond donors (Lipinski definition) is 1. The summed E-state index contributed by atoms with van der Waals surface area (Å²) in [6.45, 7) is 0. The van der Waals surface area contributed by atoms with Gasteiger partial charge in [-0.2, -0.15) is 39.5 Å². The zero-order valence-corrected chi connectivity index (χ0v) is 11.4. The molecule has 0 fully saturated rings. The Morgan fingerprint density at radius 1 is 0.840 bits per heavy atom. The van der Waals surface area contributed by atoms with Gasteiger partial charge in [-0.15, -0.1) is 0 Å². The van der Waals surface area contributed by atoms with Crippen molar-refractivity contribution in [3.8, 4) is 5.75 Å². The maximum Gasteiger partial charge on any atom is 0.460 e. The van der Waals surface area contributed by atoms with E-state index in [-0.39, 0.29) is 0 Å². The molecule has 1 N–H and O–H groups in total. The molecule has 0 heterocycles. The smallest absolute Gasteiger partial charge is 0.460 e. The standard InChI is InChI=1S/C12H5F9O4/c13-9(14,10(15,16)11(17,18)12(19,20)21)8(24)25-6-4-2-1-3-5(6)7(22)23/h1-4H,(H,22,23). The molecule has 0 saturated heterocycles. The number of esters is 1. The zero-order chi connectivity index (χ0) is 19.8. The Labute approximate surface area is 131 Å². The third kappa shape index (κ3) is 3.35. The van der Waals surface area contributed by atoms with Crippen LogP contribution in [-0.4, -0.2) is 41.0 Å². The van der Waals surface area contributed by atoms with Crippen molar-refractivity contribution in [2.75, 3.05) is 0 Å². The number of para-hydroxylation sites is 1. The number of carboxylic acids is 1. The van der Waals surface area contributed by atoms with Gasteiger partial charge in [0.25, 0.3) is 0 Å². The molecule has 25 heavy (non-hydrogen) atoms. The highest BCUT2D eigenvalue weighted by Gasteiger charge is 2.84. The fraction of sp³-hybridized carbons (Fsp3) is 0.333. The maximum absolute atomic E-state index is 13.3. The van der Waals surface area contributed by atoms with Crippen LogP contribution in [0.4, 0.5) is 39.5 Å². The summed E-state index contributed by atoms with van der Waals surface area (Å²) in [5.74, 6) is -27.7. The van der Waals surface area contributed by atoms with Crippen LogP contribution in [0.5, 0.6) is 5.75 Å². The van der Waals surface area contributed by atoms with Gasteiger partial charge in [0, 0.05) is 0 Å². The molecule has 0 atom stereocenters. The Bertz CT molecular complexity index is 681. The summed E-state index contributed by atoms with van der Waals surface area (Å²) in [7, 11) is 0. The average Bonchev–Trinajstić information content (AvgIpc) is 2.45. The van der Waals surface area contributed by atoms with Gasteiger partial charge in [0.1, 0.15) is 11.3 Å². The highest BCUT2D eigenvalue weighted by atomic mass is 19.4. The topological polar surface area (TPSA) is 63.6 Å². The molecular weight excluding hydrogens is 379 g/mol. The number of benzene rings is 1. The molecule has 0 amide bonds. The van der Waals surface area contributed by atoms with E-state index in [1.807, 2.05) is 0 Å². The van der Waals surface area contributed by atoms with E-state index in [4.69, 9.17) is 5.11 Å². The first kappa shape index (κ1) is 20.6. The van der Waals surface area contributed by atoms with E-state index in [2.05, 4.69) is 4.74 Å². The lowest BCUT2D eigenvalue weighted by atomic mass is 10.0. The van der Waals surface area contributed by atoms with Gasteiger partial charge < -0.3 is 9.84 Å². The van der Waals surface area contributed by atoms with Crippen LogP contribution in [0.1, 0.15) is 10.4 Å². The van der Waals surface area contributed by atoms with E-state index in [0.29, 0.717) is 12.1 Å². The average molecular weight is 384 g/mol.